The Hall–Kier alpha value is -4.70. The number of nitro benzene ring substituents is 1. The molecule has 2 atom stereocenters. The van der Waals surface area contributed by atoms with Crippen LogP contribution in [0.25, 0.3) is 0 Å². The van der Waals surface area contributed by atoms with Crippen LogP contribution in [0.4, 0.5) is 11.4 Å². The van der Waals surface area contributed by atoms with Crippen molar-refractivity contribution >= 4 is 17.2 Å². The quantitative estimate of drug-likeness (QED) is 0.359. The number of non-ortho nitro benzene ring substituents is 1. The van der Waals surface area contributed by atoms with Gasteiger partial charge in [-0.2, -0.15) is 5.26 Å². The van der Waals surface area contributed by atoms with Crippen molar-refractivity contribution in [3.8, 4) is 6.07 Å². The molecule has 2 aliphatic rings. The zero-order valence-corrected chi connectivity index (χ0v) is 20.6. The van der Waals surface area contributed by atoms with E-state index in [4.69, 9.17) is 5.73 Å². The van der Waals surface area contributed by atoms with Crippen molar-refractivity contribution in [2.24, 2.45) is 5.73 Å². The van der Waals surface area contributed by atoms with Gasteiger partial charge in [-0.25, -0.2) is 0 Å². The molecule has 0 unspecified atom stereocenters. The minimum absolute atomic E-state index is 0.0447. The molecule has 0 saturated heterocycles. The maximum absolute atomic E-state index is 13.9. The number of hydrogen-bond donors (Lipinski definition) is 1. The highest BCUT2D eigenvalue weighted by Crippen LogP contribution is 2.50. The van der Waals surface area contributed by atoms with Crippen LogP contribution in [0, 0.1) is 35.3 Å². The fourth-order valence-electron chi connectivity index (χ4n) is 5.54. The number of nitrogens with two attached hydrogens (primary N) is 1. The Morgan fingerprint density at radius 1 is 1.00 bits per heavy atom. The minimum Gasteiger partial charge on any atom is -0.384 e. The number of rotatable bonds is 4. The van der Waals surface area contributed by atoms with E-state index >= 15 is 0 Å². The van der Waals surface area contributed by atoms with E-state index in [1.54, 1.807) is 11.0 Å². The van der Waals surface area contributed by atoms with Crippen molar-refractivity contribution in [2.45, 2.75) is 38.5 Å². The lowest BCUT2D eigenvalue weighted by Crippen LogP contribution is -2.40. The van der Waals surface area contributed by atoms with Gasteiger partial charge in [0.1, 0.15) is 5.82 Å². The minimum atomic E-state index is -0.597. The summed E-state index contributed by atoms with van der Waals surface area (Å²) in [5.74, 6) is -0.528. The molecule has 3 aromatic rings. The SMILES string of the molecule is Cc1ccccc1[C@@H]1C(C#N)=C(N)N(c2cc([N+](=O)[O-])ccc2C)C2=C1C(=O)C[C@@H](c1ccccc1)C2. The molecule has 2 N–H and O–H groups in total. The molecule has 1 aliphatic carbocycles. The number of carbonyl (C=O) groups excluding carboxylic acids is 1. The first kappa shape index (κ1) is 24.0. The molecule has 0 aromatic heterocycles. The molecule has 1 heterocycles. The van der Waals surface area contributed by atoms with Crippen LogP contribution in [0.3, 0.4) is 0 Å². The molecule has 1 aliphatic heterocycles. The van der Waals surface area contributed by atoms with E-state index in [0.29, 0.717) is 29.8 Å². The van der Waals surface area contributed by atoms with E-state index in [9.17, 15) is 20.2 Å². The second-order valence-electron chi connectivity index (χ2n) is 9.56. The molecule has 5 rings (SSSR count). The van der Waals surface area contributed by atoms with Crippen molar-refractivity contribution in [1.29, 1.82) is 5.26 Å². The lowest BCUT2D eigenvalue weighted by Gasteiger charge is -2.42. The maximum Gasteiger partial charge on any atom is 0.271 e. The van der Waals surface area contributed by atoms with E-state index in [0.717, 1.165) is 22.3 Å². The largest absolute Gasteiger partial charge is 0.384 e. The number of hydrogen-bond acceptors (Lipinski definition) is 6. The number of nitro groups is 1. The van der Waals surface area contributed by atoms with E-state index in [1.165, 1.54) is 12.1 Å². The number of carbonyl (C=O) groups is 1. The molecule has 0 spiro atoms. The normalized spacial score (nSPS) is 19.5. The number of ketones is 1. The maximum atomic E-state index is 13.9. The van der Waals surface area contributed by atoms with Crippen LogP contribution in [0.1, 0.15) is 46.9 Å². The Bertz CT molecular complexity index is 1530. The van der Waals surface area contributed by atoms with Gasteiger partial charge in [0.25, 0.3) is 5.69 Å². The van der Waals surface area contributed by atoms with Gasteiger partial charge in [-0.05, 0) is 48.4 Å². The Balaban J connectivity index is 1.78. The monoisotopic (exact) mass is 490 g/mol. The topological polar surface area (TPSA) is 113 Å². The van der Waals surface area contributed by atoms with Gasteiger partial charge in [-0.1, -0.05) is 60.7 Å². The number of anilines is 1. The van der Waals surface area contributed by atoms with Gasteiger partial charge in [0.05, 0.1) is 28.2 Å². The molecule has 7 nitrogen and oxygen atoms in total. The predicted octanol–water partition coefficient (Wildman–Crippen LogP) is 5.91. The molecule has 0 amide bonds. The highest BCUT2D eigenvalue weighted by Gasteiger charge is 2.43. The van der Waals surface area contributed by atoms with Gasteiger partial charge in [-0.3, -0.25) is 19.8 Å². The highest BCUT2D eigenvalue weighted by atomic mass is 16.6. The van der Waals surface area contributed by atoms with Gasteiger partial charge in [0.15, 0.2) is 5.78 Å². The van der Waals surface area contributed by atoms with Crippen LogP contribution in [-0.4, -0.2) is 10.7 Å². The molecule has 37 heavy (non-hydrogen) atoms. The zero-order valence-electron chi connectivity index (χ0n) is 20.6. The third-order valence-electron chi connectivity index (χ3n) is 7.38. The van der Waals surface area contributed by atoms with Gasteiger partial charge in [0, 0.05) is 29.8 Å². The van der Waals surface area contributed by atoms with Gasteiger partial charge in [0.2, 0.25) is 0 Å². The molecule has 184 valence electrons. The fourth-order valence-corrected chi connectivity index (χ4v) is 5.54. The van der Waals surface area contributed by atoms with Crippen LogP contribution >= 0.6 is 0 Å². The van der Waals surface area contributed by atoms with Crippen molar-refractivity contribution < 1.29 is 9.72 Å². The van der Waals surface area contributed by atoms with Crippen molar-refractivity contribution in [2.75, 3.05) is 4.90 Å². The summed E-state index contributed by atoms with van der Waals surface area (Å²) in [5.41, 5.74) is 12.3. The number of benzene rings is 3. The number of Topliss-reactive ketones (excluding diaryl/α,β-unsaturated/α-hetero) is 1. The average molecular weight is 491 g/mol. The summed E-state index contributed by atoms with van der Waals surface area (Å²) >= 11 is 0. The first-order valence-electron chi connectivity index (χ1n) is 12.1. The molecular formula is C30H26N4O3. The Morgan fingerprint density at radius 2 is 1.70 bits per heavy atom. The third-order valence-corrected chi connectivity index (χ3v) is 7.38. The van der Waals surface area contributed by atoms with Crippen LogP contribution in [0.15, 0.2) is 95.5 Å². The van der Waals surface area contributed by atoms with E-state index < -0.39 is 10.8 Å². The summed E-state index contributed by atoms with van der Waals surface area (Å²) in [4.78, 5) is 26.8. The Labute approximate surface area is 215 Å². The smallest absolute Gasteiger partial charge is 0.271 e. The van der Waals surface area contributed by atoms with Crippen molar-refractivity contribution in [1.82, 2.24) is 0 Å². The van der Waals surface area contributed by atoms with E-state index in [2.05, 4.69) is 6.07 Å². The summed E-state index contributed by atoms with van der Waals surface area (Å²) in [5, 5.41) is 21.9. The molecule has 0 bridgehead atoms. The lowest BCUT2D eigenvalue weighted by atomic mass is 9.71. The van der Waals surface area contributed by atoms with Crippen molar-refractivity contribution in [3.63, 3.8) is 0 Å². The summed E-state index contributed by atoms with van der Waals surface area (Å²) in [7, 11) is 0. The van der Waals surface area contributed by atoms with Gasteiger partial charge in [-0.15, -0.1) is 0 Å². The van der Waals surface area contributed by atoms with Crippen LogP contribution in [0.2, 0.25) is 0 Å². The molecule has 0 saturated carbocycles. The van der Waals surface area contributed by atoms with E-state index in [1.807, 2.05) is 68.4 Å². The lowest BCUT2D eigenvalue weighted by molar-refractivity contribution is -0.384. The van der Waals surface area contributed by atoms with Crippen molar-refractivity contribution in [3.05, 3.63) is 128 Å². The van der Waals surface area contributed by atoms with Crippen LogP contribution in [-0.2, 0) is 4.79 Å². The summed E-state index contributed by atoms with van der Waals surface area (Å²) in [6, 6.07) is 24.4. The molecule has 7 heteroatoms. The van der Waals surface area contributed by atoms with Gasteiger partial charge < -0.3 is 5.73 Å². The third kappa shape index (κ3) is 4.07. The second kappa shape index (κ2) is 9.40. The van der Waals surface area contributed by atoms with Crippen LogP contribution in [0.5, 0.6) is 0 Å². The molecular weight excluding hydrogens is 464 g/mol. The summed E-state index contributed by atoms with van der Waals surface area (Å²) in [6.07, 6.45) is 0.820. The Kier molecular flexibility index (Phi) is 6.10. The van der Waals surface area contributed by atoms with E-state index in [-0.39, 0.29) is 28.8 Å². The molecule has 3 aromatic carbocycles. The summed E-state index contributed by atoms with van der Waals surface area (Å²) in [6.45, 7) is 3.79. The van der Waals surface area contributed by atoms with Crippen LogP contribution < -0.4 is 10.6 Å². The highest BCUT2D eigenvalue weighted by molar-refractivity contribution is 6.02. The number of allylic oxidation sites excluding steroid dienone is 3. The first-order chi connectivity index (χ1) is 17.8. The second-order valence-corrected chi connectivity index (χ2v) is 9.56. The first-order valence-corrected chi connectivity index (χ1v) is 12.1. The fraction of sp³-hybridized carbons (Fsp3) is 0.200. The number of nitriles is 1. The number of aryl methyl sites for hydroxylation is 2. The Morgan fingerprint density at radius 3 is 2.38 bits per heavy atom. The molecule has 0 fully saturated rings. The zero-order chi connectivity index (χ0) is 26.3. The standard InChI is InChI=1S/C30H26N4O3/c1-18-8-6-7-11-23(18)28-24(17-31)30(32)33(25-16-22(34(36)37)13-12-19(25)2)26-14-21(15-27(35)29(26)28)20-9-4-3-5-10-20/h3-13,16,21,28H,14-15,32H2,1-2H3/t21-,28+/m0/s1. The average Bonchev–Trinajstić information content (AvgIpc) is 2.89. The molecule has 0 radical (unpaired) electrons. The number of nitrogens with zero attached hydrogens (tertiary/aromatic N) is 3. The summed E-state index contributed by atoms with van der Waals surface area (Å²) < 4.78 is 0. The predicted molar refractivity (Wildman–Crippen MR) is 142 cm³/mol. The van der Waals surface area contributed by atoms with Gasteiger partial charge >= 0.3 is 0 Å².